The first-order valence-electron chi connectivity index (χ1n) is 9.98. The van der Waals surface area contributed by atoms with E-state index in [1.165, 1.54) is 0 Å². The first kappa shape index (κ1) is 21.9. The fraction of sp³-hybridized carbons (Fsp3) is 0.125. The number of nitrogens with one attached hydrogen (secondary N) is 1. The van der Waals surface area contributed by atoms with Crippen molar-refractivity contribution in [2.24, 2.45) is 0 Å². The zero-order valence-electron chi connectivity index (χ0n) is 17.5. The van der Waals surface area contributed by atoms with Gasteiger partial charge in [0.05, 0.1) is 22.3 Å². The fourth-order valence-corrected chi connectivity index (χ4v) is 3.38. The Bertz CT molecular complexity index is 1250. The van der Waals surface area contributed by atoms with E-state index in [-0.39, 0.29) is 5.82 Å². The summed E-state index contributed by atoms with van der Waals surface area (Å²) in [6, 6.07) is 20.1. The predicted octanol–water partition coefficient (Wildman–Crippen LogP) is 6.20. The summed E-state index contributed by atoms with van der Waals surface area (Å²) in [5.41, 5.74) is 3.18. The standard InChI is InChI=1S/C24H20Cl2N4O2/c1-3-32-19-11-8-17(9-12-19)27-24(31)22-28-23(16-6-4-15(2)5-7-16)30(29-22)18-10-13-20(25)21(26)14-18/h4-14H,3H2,1-2H3,(H,27,31). The van der Waals surface area contributed by atoms with E-state index in [1.807, 2.05) is 38.1 Å². The van der Waals surface area contributed by atoms with Gasteiger partial charge in [-0.1, -0.05) is 53.0 Å². The maximum absolute atomic E-state index is 12.9. The van der Waals surface area contributed by atoms with Crippen molar-refractivity contribution in [2.45, 2.75) is 13.8 Å². The van der Waals surface area contributed by atoms with Gasteiger partial charge in [-0.15, -0.1) is 5.10 Å². The van der Waals surface area contributed by atoms with E-state index < -0.39 is 5.91 Å². The minimum Gasteiger partial charge on any atom is -0.494 e. The molecule has 32 heavy (non-hydrogen) atoms. The van der Waals surface area contributed by atoms with E-state index in [2.05, 4.69) is 15.4 Å². The van der Waals surface area contributed by atoms with Gasteiger partial charge in [0.15, 0.2) is 5.82 Å². The lowest BCUT2D eigenvalue weighted by Gasteiger charge is -2.07. The molecule has 8 heteroatoms. The number of halogens is 2. The van der Waals surface area contributed by atoms with Crippen LogP contribution in [-0.2, 0) is 0 Å². The number of hydrogen-bond donors (Lipinski definition) is 1. The van der Waals surface area contributed by atoms with Gasteiger partial charge in [0, 0.05) is 11.3 Å². The Labute approximate surface area is 195 Å². The van der Waals surface area contributed by atoms with E-state index >= 15 is 0 Å². The number of rotatable bonds is 6. The number of amides is 1. The molecular weight excluding hydrogens is 447 g/mol. The van der Waals surface area contributed by atoms with Crippen LogP contribution in [0.1, 0.15) is 23.1 Å². The SMILES string of the molecule is CCOc1ccc(NC(=O)c2nc(-c3ccc(C)cc3)n(-c3ccc(Cl)c(Cl)c3)n2)cc1. The Morgan fingerprint density at radius 3 is 2.38 bits per heavy atom. The maximum Gasteiger partial charge on any atom is 0.295 e. The maximum atomic E-state index is 12.9. The number of carbonyl (C=O) groups is 1. The summed E-state index contributed by atoms with van der Waals surface area (Å²) >= 11 is 12.3. The zero-order chi connectivity index (χ0) is 22.7. The zero-order valence-corrected chi connectivity index (χ0v) is 19.0. The van der Waals surface area contributed by atoms with Gasteiger partial charge in [0.1, 0.15) is 5.75 Å². The normalized spacial score (nSPS) is 10.8. The second-order valence-electron chi connectivity index (χ2n) is 7.05. The van der Waals surface area contributed by atoms with E-state index in [0.717, 1.165) is 16.9 Å². The van der Waals surface area contributed by atoms with E-state index in [9.17, 15) is 4.79 Å². The Morgan fingerprint density at radius 2 is 1.72 bits per heavy atom. The van der Waals surface area contributed by atoms with Crippen molar-refractivity contribution in [3.8, 4) is 22.8 Å². The lowest BCUT2D eigenvalue weighted by Crippen LogP contribution is -2.14. The molecule has 0 radical (unpaired) electrons. The third kappa shape index (κ3) is 4.77. The van der Waals surface area contributed by atoms with Crippen LogP contribution in [0, 0.1) is 6.92 Å². The molecule has 0 saturated heterocycles. The Hall–Kier alpha value is -3.35. The van der Waals surface area contributed by atoms with Crippen molar-refractivity contribution in [1.82, 2.24) is 14.8 Å². The summed E-state index contributed by atoms with van der Waals surface area (Å²) in [6.45, 7) is 4.49. The molecule has 1 N–H and O–H groups in total. The van der Waals surface area contributed by atoms with Gasteiger partial charge >= 0.3 is 0 Å². The van der Waals surface area contributed by atoms with Crippen molar-refractivity contribution >= 4 is 34.8 Å². The highest BCUT2D eigenvalue weighted by Gasteiger charge is 2.19. The van der Waals surface area contributed by atoms with Crippen molar-refractivity contribution < 1.29 is 9.53 Å². The van der Waals surface area contributed by atoms with Gasteiger partial charge < -0.3 is 10.1 Å². The van der Waals surface area contributed by atoms with Gasteiger partial charge in [0.25, 0.3) is 5.91 Å². The second-order valence-corrected chi connectivity index (χ2v) is 7.86. The fourth-order valence-electron chi connectivity index (χ4n) is 3.08. The van der Waals surface area contributed by atoms with Crippen molar-refractivity contribution in [1.29, 1.82) is 0 Å². The third-order valence-electron chi connectivity index (χ3n) is 4.69. The summed E-state index contributed by atoms with van der Waals surface area (Å²) in [5.74, 6) is 0.844. The quantitative estimate of drug-likeness (QED) is 0.367. The van der Waals surface area contributed by atoms with Crippen LogP contribution in [0.5, 0.6) is 5.75 Å². The highest BCUT2D eigenvalue weighted by atomic mass is 35.5. The molecule has 3 aromatic carbocycles. The second kappa shape index (κ2) is 9.42. The number of carbonyl (C=O) groups excluding carboxylic acids is 1. The molecule has 0 aliphatic heterocycles. The molecule has 1 heterocycles. The van der Waals surface area contributed by atoms with Crippen LogP contribution in [0.2, 0.25) is 10.0 Å². The van der Waals surface area contributed by atoms with Crippen molar-refractivity contribution in [3.05, 3.63) is 88.2 Å². The van der Waals surface area contributed by atoms with E-state index in [4.69, 9.17) is 27.9 Å². The van der Waals surface area contributed by atoms with Crippen LogP contribution in [0.15, 0.2) is 66.7 Å². The molecule has 1 aromatic heterocycles. The number of aryl methyl sites for hydroxylation is 1. The van der Waals surface area contributed by atoms with E-state index in [1.54, 1.807) is 47.1 Å². The molecule has 1 amide bonds. The summed E-state index contributed by atoms with van der Waals surface area (Å²) in [7, 11) is 0. The predicted molar refractivity (Wildman–Crippen MR) is 127 cm³/mol. The topological polar surface area (TPSA) is 69.0 Å². The number of ether oxygens (including phenoxy) is 1. The van der Waals surface area contributed by atoms with Crippen LogP contribution in [0.3, 0.4) is 0 Å². The summed E-state index contributed by atoms with van der Waals surface area (Å²) in [6.07, 6.45) is 0. The third-order valence-corrected chi connectivity index (χ3v) is 5.43. The minimum atomic E-state index is -0.429. The smallest absolute Gasteiger partial charge is 0.295 e. The van der Waals surface area contributed by atoms with Crippen LogP contribution in [-0.4, -0.2) is 27.3 Å². The summed E-state index contributed by atoms with van der Waals surface area (Å²) in [4.78, 5) is 17.4. The summed E-state index contributed by atoms with van der Waals surface area (Å²) < 4.78 is 7.02. The average Bonchev–Trinajstić information content (AvgIpc) is 3.23. The van der Waals surface area contributed by atoms with Crippen LogP contribution in [0.4, 0.5) is 5.69 Å². The number of hydrogen-bond acceptors (Lipinski definition) is 4. The molecule has 162 valence electrons. The Kier molecular flexibility index (Phi) is 6.44. The average molecular weight is 467 g/mol. The first-order chi connectivity index (χ1) is 15.4. The Morgan fingerprint density at radius 1 is 1.00 bits per heavy atom. The molecule has 4 aromatic rings. The minimum absolute atomic E-state index is 0.0283. The first-order valence-corrected chi connectivity index (χ1v) is 10.7. The van der Waals surface area contributed by atoms with Gasteiger partial charge in [-0.2, -0.15) is 0 Å². The molecule has 0 aliphatic carbocycles. The van der Waals surface area contributed by atoms with Crippen LogP contribution in [0.25, 0.3) is 17.1 Å². The highest BCUT2D eigenvalue weighted by Crippen LogP contribution is 2.27. The molecule has 0 saturated carbocycles. The van der Waals surface area contributed by atoms with Crippen molar-refractivity contribution in [2.75, 3.05) is 11.9 Å². The molecule has 0 spiro atoms. The largest absolute Gasteiger partial charge is 0.494 e. The van der Waals surface area contributed by atoms with Crippen LogP contribution < -0.4 is 10.1 Å². The van der Waals surface area contributed by atoms with Gasteiger partial charge in [0.2, 0.25) is 5.82 Å². The molecular formula is C24H20Cl2N4O2. The number of anilines is 1. The number of aromatic nitrogens is 3. The number of nitrogens with zero attached hydrogens (tertiary/aromatic N) is 3. The molecule has 0 aliphatic rings. The van der Waals surface area contributed by atoms with Crippen LogP contribution >= 0.6 is 23.2 Å². The van der Waals surface area contributed by atoms with Crippen molar-refractivity contribution in [3.63, 3.8) is 0 Å². The lowest BCUT2D eigenvalue weighted by molar-refractivity contribution is 0.101. The number of benzene rings is 3. The van der Waals surface area contributed by atoms with E-state index in [0.29, 0.717) is 33.9 Å². The highest BCUT2D eigenvalue weighted by molar-refractivity contribution is 6.42. The lowest BCUT2D eigenvalue weighted by atomic mass is 10.1. The monoisotopic (exact) mass is 466 g/mol. The molecule has 0 atom stereocenters. The molecule has 0 unspecified atom stereocenters. The molecule has 6 nitrogen and oxygen atoms in total. The van der Waals surface area contributed by atoms with Gasteiger partial charge in [-0.05, 0) is 56.3 Å². The molecule has 4 rings (SSSR count). The molecule has 0 bridgehead atoms. The van der Waals surface area contributed by atoms with Gasteiger partial charge in [-0.25, -0.2) is 9.67 Å². The molecule has 0 fully saturated rings. The van der Waals surface area contributed by atoms with Gasteiger partial charge in [-0.3, -0.25) is 4.79 Å². The Balaban J connectivity index is 1.70. The summed E-state index contributed by atoms with van der Waals surface area (Å²) in [5, 5.41) is 8.10.